The maximum Gasteiger partial charge on any atom is 0.294 e. The number of carbonyl (C=O) groups is 1. The van der Waals surface area contributed by atoms with E-state index in [4.69, 9.17) is 5.73 Å². The Balaban J connectivity index is 2.09. The standard InChI is InChI=1S/C9H8N4O2/c10-8-2-1-6(5-11-8)13-9(14)7-3-4-12-15-7/h1-5H,(H2,10,11)(H,13,14). The van der Waals surface area contributed by atoms with E-state index in [1.54, 1.807) is 12.1 Å². The summed E-state index contributed by atoms with van der Waals surface area (Å²) in [5.41, 5.74) is 5.95. The summed E-state index contributed by atoms with van der Waals surface area (Å²) in [5, 5.41) is 6.01. The fraction of sp³-hybridized carbons (Fsp3) is 0. The van der Waals surface area contributed by atoms with Crippen LogP contribution in [0.2, 0.25) is 0 Å². The number of hydrogen-bond acceptors (Lipinski definition) is 5. The summed E-state index contributed by atoms with van der Waals surface area (Å²) in [6.45, 7) is 0. The second-order valence-electron chi connectivity index (χ2n) is 2.80. The number of anilines is 2. The first-order chi connectivity index (χ1) is 7.25. The minimum Gasteiger partial charge on any atom is -0.384 e. The molecule has 0 saturated heterocycles. The number of nitrogen functional groups attached to an aromatic ring is 1. The van der Waals surface area contributed by atoms with Crippen molar-refractivity contribution in [1.82, 2.24) is 10.1 Å². The Morgan fingerprint density at radius 1 is 1.40 bits per heavy atom. The van der Waals surface area contributed by atoms with Crippen LogP contribution in [-0.4, -0.2) is 16.0 Å². The highest BCUT2D eigenvalue weighted by molar-refractivity contribution is 6.01. The van der Waals surface area contributed by atoms with E-state index in [1.807, 2.05) is 0 Å². The molecule has 2 aromatic heterocycles. The predicted octanol–water partition coefficient (Wildman–Crippen LogP) is 0.904. The second-order valence-corrected chi connectivity index (χ2v) is 2.80. The number of carbonyl (C=O) groups excluding carboxylic acids is 1. The van der Waals surface area contributed by atoms with Crippen LogP contribution in [0.1, 0.15) is 10.6 Å². The Bertz CT molecular complexity index is 449. The predicted molar refractivity (Wildman–Crippen MR) is 53.1 cm³/mol. The van der Waals surface area contributed by atoms with Crippen LogP contribution in [0.15, 0.2) is 35.1 Å². The number of pyridine rings is 1. The molecule has 0 saturated carbocycles. The third kappa shape index (κ3) is 2.11. The van der Waals surface area contributed by atoms with Crippen LogP contribution in [-0.2, 0) is 0 Å². The minimum atomic E-state index is -0.376. The highest BCUT2D eigenvalue weighted by Crippen LogP contribution is 2.08. The summed E-state index contributed by atoms with van der Waals surface area (Å²) < 4.78 is 4.68. The molecule has 0 bridgehead atoms. The molecular formula is C9H8N4O2. The molecule has 0 aliphatic carbocycles. The number of hydrogen-bond donors (Lipinski definition) is 2. The number of amides is 1. The van der Waals surface area contributed by atoms with Crippen molar-refractivity contribution in [3.8, 4) is 0 Å². The first-order valence-corrected chi connectivity index (χ1v) is 4.19. The smallest absolute Gasteiger partial charge is 0.294 e. The number of nitrogens with zero attached hydrogens (tertiary/aromatic N) is 2. The van der Waals surface area contributed by atoms with E-state index in [9.17, 15) is 4.79 Å². The normalized spacial score (nSPS) is 9.87. The van der Waals surface area contributed by atoms with Gasteiger partial charge in [0, 0.05) is 6.07 Å². The first kappa shape index (κ1) is 9.20. The van der Waals surface area contributed by atoms with E-state index in [-0.39, 0.29) is 11.7 Å². The van der Waals surface area contributed by atoms with Gasteiger partial charge in [-0.3, -0.25) is 4.79 Å². The van der Waals surface area contributed by atoms with Crippen molar-refractivity contribution < 1.29 is 9.32 Å². The highest BCUT2D eigenvalue weighted by atomic mass is 16.5. The van der Waals surface area contributed by atoms with Crippen LogP contribution < -0.4 is 11.1 Å². The zero-order chi connectivity index (χ0) is 10.7. The van der Waals surface area contributed by atoms with Gasteiger partial charge in [-0.05, 0) is 12.1 Å². The van der Waals surface area contributed by atoms with Gasteiger partial charge in [-0.2, -0.15) is 0 Å². The summed E-state index contributed by atoms with van der Waals surface area (Å²) in [7, 11) is 0. The molecule has 0 atom stereocenters. The van der Waals surface area contributed by atoms with Crippen molar-refractivity contribution in [2.45, 2.75) is 0 Å². The van der Waals surface area contributed by atoms with Crippen molar-refractivity contribution >= 4 is 17.4 Å². The van der Waals surface area contributed by atoms with E-state index in [2.05, 4.69) is 20.0 Å². The van der Waals surface area contributed by atoms with Crippen molar-refractivity contribution in [3.05, 3.63) is 36.4 Å². The zero-order valence-electron chi connectivity index (χ0n) is 7.68. The van der Waals surface area contributed by atoms with Crippen LogP contribution in [0.4, 0.5) is 11.5 Å². The molecule has 0 fully saturated rings. The zero-order valence-corrected chi connectivity index (χ0v) is 7.68. The molecule has 0 aromatic carbocycles. The number of nitrogens with one attached hydrogen (secondary N) is 1. The van der Waals surface area contributed by atoms with E-state index < -0.39 is 0 Å². The fourth-order valence-corrected chi connectivity index (χ4v) is 1.00. The van der Waals surface area contributed by atoms with Crippen LogP contribution >= 0.6 is 0 Å². The molecule has 2 aromatic rings. The molecule has 1 amide bonds. The molecule has 6 heteroatoms. The average Bonchev–Trinajstić information content (AvgIpc) is 2.74. The monoisotopic (exact) mass is 204 g/mol. The molecule has 2 rings (SSSR count). The Labute approximate surface area is 85.1 Å². The summed E-state index contributed by atoms with van der Waals surface area (Å²) in [6.07, 6.45) is 2.86. The number of aromatic nitrogens is 2. The van der Waals surface area contributed by atoms with Gasteiger partial charge in [0.15, 0.2) is 0 Å². The molecule has 0 radical (unpaired) electrons. The van der Waals surface area contributed by atoms with Gasteiger partial charge < -0.3 is 15.6 Å². The van der Waals surface area contributed by atoms with E-state index >= 15 is 0 Å². The van der Waals surface area contributed by atoms with Crippen molar-refractivity contribution in [1.29, 1.82) is 0 Å². The lowest BCUT2D eigenvalue weighted by Gasteiger charge is -2.01. The largest absolute Gasteiger partial charge is 0.384 e. The molecule has 15 heavy (non-hydrogen) atoms. The lowest BCUT2D eigenvalue weighted by Crippen LogP contribution is -2.11. The van der Waals surface area contributed by atoms with Gasteiger partial charge >= 0.3 is 0 Å². The fourth-order valence-electron chi connectivity index (χ4n) is 1.00. The topological polar surface area (TPSA) is 94.0 Å². The summed E-state index contributed by atoms with van der Waals surface area (Å²) in [5.74, 6) is 0.165. The molecule has 2 heterocycles. The molecular weight excluding hydrogens is 196 g/mol. The van der Waals surface area contributed by atoms with Gasteiger partial charge in [-0.25, -0.2) is 4.98 Å². The molecule has 0 unspecified atom stereocenters. The van der Waals surface area contributed by atoms with Crippen LogP contribution in [0.3, 0.4) is 0 Å². The Kier molecular flexibility index (Phi) is 2.32. The van der Waals surface area contributed by atoms with Crippen molar-refractivity contribution in [2.75, 3.05) is 11.1 Å². The van der Waals surface area contributed by atoms with Gasteiger partial charge in [0.25, 0.3) is 5.91 Å². The molecule has 0 spiro atoms. The Morgan fingerprint density at radius 2 is 2.27 bits per heavy atom. The number of nitrogens with two attached hydrogens (primary N) is 1. The van der Waals surface area contributed by atoms with Crippen LogP contribution in [0.25, 0.3) is 0 Å². The number of rotatable bonds is 2. The van der Waals surface area contributed by atoms with E-state index in [1.165, 1.54) is 18.5 Å². The highest BCUT2D eigenvalue weighted by Gasteiger charge is 2.09. The summed E-state index contributed by atoms with van der Waals surface area (Å²) in [4.78, 5) is 15.3. The van der Waals surface area contributed by atoms with Crippen LogP contribution in [0.5, 0.6) is 0 Å². The van der Waals surface area contributed by atoms with Crippen molar-refractivity contribution in [2.24, 2.45) is 0 Å². The van der Waals surface area contributed by atoms with E-state index in [0.29, 0.717) is 11.5 Å². The molecule has 3 N–H and O–H groups in total. The Hall–Kier alpha value is -2.37. The summed E-state index contributed by atoms with van der Waals surface area (Å²) >= 11 is 0. The maximum atomic E-state index is 11.5. The third-order valence-corrected chi connectivity index (χ3v) is 1.71. The molecule has 76 valence electrons. The molecule has 0 aliphatic heterocycles. The van der Waals surface area contributed by atoms with Gasteiger partial charge in [0.2, 0.25) is 5.76 Å². The van der Waals surface area contributed by atoms with Gasteiger partial charge in [-0.15, -0.1) is 0 Å². The third-order valence-electron chi connectivity index (χ3n) is 1.71. The lowest BCUT2D eigenvalue weighted by atomic mass is 10.3. The SMILES string of the molecule is Nc1ccc(NC(=O)c2ccno2)cn1. The van der Waals surface area contributed by atoms with Crippen LogP contribution in [0, 0.1) is 0 Å². The lowest BCUT2D eigenvalue weighted by molar-refractivity contribution is 0.0988. The quantitative estimate of drug-likeness (QED) is 0.758. The maximum absolute atomic E-state index is 11.5. The van der Waals surface area contributed by atoms with Crippen molar-refractivity contribution in [3.63, 3.8) is 0 Å². The summed E-state index contributed by atoms with van der Waals surface area (Å²) in [6, 6.07) is 4.71. The van der Waals surface area contributed by atoms with Gasteiger partial charge in [0.05, 0.1) is 18.1 Å². The first-order valence-electron chi connectivity index (χ1n) is 4.19. The Morgan fingerprint density at radius 3 is 2.87 bits per heavy atom. The van der Waals surface area contributed by atoms with Gasteiger partial charge in [0.1, 0.15) is 5.82 Å². The minimum absolute atomic E-state index is 0.145. The molecule has 6 nitrogen and oxygen atoms in total. The molecule has 0 aliphatic rings. The van der Waals surface area contributed by atoms with E-state index in [0.717, 1.165) is 0 Å². The average molecular weight is 204 g/mol. The van der Waals surface area contributed by atoms with Gasteiger partial charge in [-0.1, -0.05) is 5.16 Å². The second kappa shape index (κ2) is 3.79.